The molecule has 0 aliphatic heterocycles. The van der Waals surface area contributed by atoms with Gasteiger partial charge in [-0.25, -0.2) is 4.98 Å². The molecule has 2 aromatic heterocycles. The summed E-state index contributed by atoms with van der Waals surface area (Å²) >= 11 is 0. The number of methoxy groups -OCH3 is 2. The number of hydrogen-bond acceptors (Lipinski definition) is 7. The first-order chi connectivity index (χ1) is 11.0. The lowest BCUT2D eigenvalue weighted by Gasteiger charge is -2.28. The van der Waals surface area contributed by atoms with Gasteiger partial charge in [-0.2, -0.15) is 4.98 Å². The Morgan fingerprint density at radius 3 is 2.74 bits per heavy atom. The van der Waals surface area contributed by atoms with Crippen molar-refractivity contribution in [2.45, 2.75) is 38.7 Å². The zero-order chi connectivity index (χ0) is 17.0. The highest BCUT2D eigenvalue weighted by atomic mass is 16.6. The van der Waals surface area contributed by atoms with Gasteiger partial charge in [0, 0.05) is 14.2 Å². The molecule has 0 aliphatic carbocycles. The molecular formula is C14H23N5O4. The summed E-state index contributed by atoms with van der Waals surface area (Å²) in [7, 11) is 3.24. The Hall–Kier alpha value is -1.97. The summed E-state index contributed by atoms with van der Waals surface area (Å²) in [5.74, 6) is 0.0395. The van der Waals surface area contributed by atoms with Gasteiger partial charge in [0.1, 0.15) is 12.3 Å². The number of anilines is 1. The van der Waals surface area contributed by atoms with Gasteiger partial charge in [-0.3, -0.25) is 14.3 Å². The highest BCUT2D eigenvalue weighted by Gasteiger charge is 2.24. The van der Waals surface area contributed by atoms with Crippen molar-refractivity contribution in [3.63, 3.8) is 0 Å². The van der Waals surface area contributed by atoms with Crippen LogP contribution in [-0.4, -0.2) is 52.6 Å². The van der Waals surface area contributed by atoms with Gasteiger partial charge in [0.25, 0.3) is 5.56 Å². The SMILES string of the molecule is CC[C@H](OC(C)n1cnc2c(=O)[nH]c(N)nc21)C(COC)OC. The number of H-pyrrole nitrogens is 1. The molecule has 0 amide bonds. The van der Waals surface area contributed by atoms with Gasteiger partial charge < -0.3 is 19.9 Å². The van der Waals surface area contributed by atoms with E-state index in [1.165, 1.54) is 6.33 Å². The highest BCUT2D eigenvalue weighted by Crippen LogP contribution is 2.20. The van der Waals surface area contributed by atoms with Crippen molar-refractivity contribution in [2.24, 2.45) is 0 Å². The van der Waals surface area contributed by atoms with Crippen LogP contribution in [0.25, 0.3) is 11.2 Å². The smallest absolute Gasteiger partial charge is 0.280 e. The number of ether oxygens (including phenoxy) is 3. The summed E-state index contributed by atoms with van der Waals surface area (Å²) in [5, 5.41) is 0. The van der Waals surface area contributed by atoms with Crippen LogP contribution in [0.4, 0.5) is 5.95 Å². The first-order valence-corrected chi connectivity index (χ1v) is 7.41. The summed E-state index contributed by atoms with van der Waals surface area (Å²) in [4.78, 5) is 22.5. The van der Waals surface area contributed by atoms with E-state index in [-0.39, 0.29) is 29.2 Å². The topological polar surface area (TPSA) is 117 Å². The maximum atomic E-state index is 11.8. The molecule has 9 heteroatoms. The molecule has 0 aromatic carbocycles. The lowest BCUT2D eigenvalue weighted by Crippen LogP contribution is -2.35. The third-order valence-electron chi connectivity index (χ3n) is 3.66. The average Bonchev–Trinajstić information content (AvgIpc) is 2.94. The number of aromatic amines is 1. The van der Waals surface area contributed by atoms with Gasteiger partial charge in [-0.15, -0.1) is 0 Å². The van der Waals surface area contributed by atoms with Crippen molar-refractivity contribution in [1.29, 1.82) is 0 Å². The van der Waals surface area contributed by atoms with Crippen LogP contribution >= 0.6 is 0 Å². The fourth-order valence-corrected chi connectivity index (χ4v) is 2.47. The Morgan fingerprint density at radius 1 is 1.39 bits per heavy atom. The Balaban J connectivity index is 2.26. The minimum absolute atomic E-state index is 0.0395. The number of nitrogens with one attached hydrogen (secondary N) is 1. The molecule has 3 atom stereocenters. The number of rotatable bonds is 8. The van der Waals surface area contributed by atoms with Crippen molar-refractivity contribution in [2.75, 3.05) is 26.6 Å². The van der Waals surface area contributed by atoms with E-state index >= 15 is 0 Å². The normalized spacial score (nSPS) is 15.7. The van der Waals surface area contributed by atoms with Gasteiger partial charge >= 0.3 is 0 Å². The lowest BCUT2D eigenvalue weighted by atomic mass is 10.1. The van der Waals surface area contributed by atoms with E-state index in [1.54, 1.807) is 18.8 Å². The van der Waals surface area contributed by atoms with E-state index < -0.39 is 6.23 Å². The van der Waals surface area contributed by atoms with Gasteiger partial charge in [-0.1, -0.05) is 6.92 Å². The van der Waals surface area contributed by atoms with E-state index in [1.807, 2.05) is 13.8 Å². The third kappa shape index (κ3) is 3.69. The van der Waals surface area contributed by atoms with Crippen LogP contribution in [0.2, 0.25) is 0 Å². The summed E-state index contributed by atoms with van der Waals surface area (Å²) in [5.41, 5.74) is 5.84. The molecule has 2 unspecified atom stereocenters. The van der Waals surface area contributed by atoms with E-state index in [2.05, 4.69) is 15.0 Å². The maximum absolute atomic E-state index is 11.8. The summed E-state index contributed by atoms with van der Waals surface area (Å²) in [6.45, 7) is 4.28. The molecule has 9 nitrogen and oxygen atoms in total. The Bertz CT molecular complexity index is 698. The number of nitrogens with zero attached hydrogens (tertiary/aromatic N) is 3. The van der Waals surface area contributed by atoms with Gasteiger partial charge in [0.05, 0.1) is 19.0 Å². The largest absolute Gasteiger partial charge is 0.382 e. The van der Waals surface area contributed by atoms with Crippen molar-refractivity contribution in [3.8, 4) is 0 Å². The molecule has 23 heavy (non-hydrogen) atoms. The minimum atomic E-state index is -0.395. The molecule has 2 aromatic rings. The molecule has 0 saturated heterocycles. The first kappa shape index (κ1) is 17.4. The standard InChI is InChI=1S/C14H23N5O4/c1-5-9(10(22-4)6-21-3)23-8(2)19-7-16-11-12(19)17-14(15)18-13(11)20/h7-10H,5-6H2,1-4H3,(H3,15,17,18,20)/t8?,9-,10?/m0/s1. The fraction of sp³-hybridized carbons (Fsp3) is 0.643. The molecule has 0 bridgehead atoms. The quantitative estimate of drug-likeness (QED) is 0.732. The van der Waals surface area contributed by atoms with Gasteiger partial charge in [0.2, 0.25) is 5.95 Å². The molecular weight excluding hydrogens is 302 g/mol. The summed E-state index contributed by atoms with van der Waals surface area (Å²) in [6.07, 6.45) is 1.50. The number of nitrogen functional groups attached to an aromatic ring is 1. The van der Waals surface area contributed by atoms with Crippen LogP contribution in [-0.2, 0) is 14.2 Å². The highest BCUT2D eigenvalue weighted by molar-refractivity contribution is 5.70. The van der Waals surface area contributed by atoms with Crippen LogP contribution in [0.3, 0.4) is 0 Å². The average molecular weight is 325 g/mol. The molecule has 0 aliphatic rings. The number of fused-ring (bicyclic) bond motifs is 1. The zero-order valence-electron chi connectivity index (χ0n) is 13.8. The molecule has 2 heterocycles. The molecule has 0 radical (unpaired) electrons. The van der Waals surface area contributed by atoms with Crippen LogP contribution in [0.5, 0.6) is 0 Å². The number of hydrogen-bond donors (Lipinski definition) is 2. The summed E-state index contributed by atoms with van der Waals surface area (Å²) in [6, 6.07) is 0. The zero-order valence-corrected chi connectivity index (χ0v) is 13.8. The molecule has 2 rings (SSSR count). The second-order valence-corrected chi connectivity index (χ2v) is 5.19. The molecule has 0 saturated carbocycles. The lowest BCUT2D eigenvalue weighted by molar-refractivity contribution is -0.124. The van der Waals surface area contributed by atoms with Crippen LogP contribution in [0.1, 0.15) is 26.5 Å². The molecule has 128 valence electrons. The van der Waals surface area contributed by atoms with Crippen LogP contribution in [0.15, 0.2) is 11.1 Å². The molecule has 0 fully saturated rings. The minimum Gasteiger partial charge on any atom is -0.382 e. The second kappa shape index (κ2) is 7.53. The van der Waals surface area contributed by atoms with Crippen molar-refractivity contribution < 1.29 is 14.2 Å². The first-order valence-electron chi connectivity index (χ1n) is 7.41. The van der Waals surface area contributed by atoms with Crippen molar-refractivity contribution >= 4 is 17.1 Å². The van der Waals surface area contributed by atoms with Crippen molar-refractivity contribution in [1.82, 2.24) is 19.5 Å². The van der Waals surface area contributed by atoms with E-state index in [9.17, 15) is 4.79 Å². The number of aromatic nitrogens is 4. The van der Waals surface area contributed by atoms with Crippen molar-refractivity contribution in [3.05, 3.63) is 16.7 Å². The van der Waals surface area contributed by atoms with Gasteiger partial charge in [0.15, 0.2) is 11.2 Å². The van der Waals surface area contributed by atoms with Gasteiger partial charge in [-0.05, 0) is 13.3 Å². The maximum Gasteiger partial charge on any atom is 0.280 e. The van der Waals surface area contributed by atoms with E-state index in [4.69, 9.17) is 19.9 Å². The molecule has 3 N–H and O–H groups in total. The summed E-state index contributed by atoms with van der Waals surface area (Å²) < 4.78 is 18.3. The predicted octanol–water partition coefficient (Wildman–Crippen LogP) is 0.677. The fourth-order valence-electron chi connectivity index (χ4n) is 2.47. The Morgan fingerprint density at radius 2 is 2.13 bits per heavy atom. The Labute approximate surface area is 133 Å². The third-order valence-corrected chi connectivity index (χ3v) is 3.66. The molecule has 0 spiro atoms. The number of imidazole rings is 1. The monoisotopic (exact) mass is 325 g/mol. The van der Waals surface area contributed by atoms with E-state index in [0.29, 0.717) is 12.3 Å². The predicted molar refractivity (Wildman–Crippen MR) is 85.1 cm³/mol. The van der Waals surface area contributed by atoms with Crippen LogP contribution < -0.4 is 11.3 Å². The Kier molecular flexibility index (Phi) is 5.69. The van der Waals surface area contributed by atoms with E-state index in [0.717, 1.165) is 6.42 Å². The second-order valence-electron chi connectivity index (χ2n) is 5.19. The van der Waals surface area contributed by atoms with Crippen LogP contribution in [0, 0.1) is 0 Å². The number of nitrogens with two attached hydrogens (primary N) is 1.